The molecule has 0 aliphatic heterocycles. The van der Waals surface area contributed by atoms with Crippen molar-refractivity contribution in [1.82, 2.24) is 19.5 Å². The average Bonchev–Trinajstić information content (AvgIpc) is 2.79. The monoisotopic (exact) mass is 444 g/mol. The van der Waals surface area contributed by atoms with Gasteiger partial charge in [-0.1, -0.05) is 24.3 Å². The molecule has 0 saturated heterocycles. The zero-order valence-corrected chi connectivity index (χ0v) is 17.6. The molecule has 0 radical (unpaired) electrons. The van der Waals surface area contributed by atoms with E-state index in [2.05, 4.69) is 20.3 Å². The highest BCUT2D eigenvalue weighted by atomic mass is 19.1. The third-order valence-electron chi connectivity index (χ3n) is 5.12. The summed E-state index contributed by atoms with van der Waals surface area (Å²) < 4.78 is 15.9. The third-order valence-corrected chi connectivity index (χ3v) is 5.12. The van der Waals surface area contributed by atoms with Gasteiger partial charge in [0.15, 0.2) is 5.82 Å². The van der Waals surface area contributed by atoms with Crippen LogP contribution in [0.3, 0.4) is 0 Å². The van der Waals surface area contributed by atoms with Crippen LogP contribution in [0.1, 0.15) is 24.2 Å². The molecule has 4 aromatic rings. The first-order valence-electron chi connectivity index (χ1n) is 10.3. The second-order valence-electron chi connectivity index (χ2n) is 7.32. The van der Waals surface area contributed by atoms with Crippen molar-refractivity contribution in [2.45, 2.75) is 19.3 Å². The molecule has 9 nitrogen and oxygen atoms in total. The van der Waals surface area contributed by atoms with Crippen molar-refractivity contribution < 1.29 is 4.39 Å². The summed E-state index contributed by atoms with van der Waals surface area (Å²) in [5.41, 5.74) is 12.0. The number of halogens is 1. The molecule has 0 aliphatic rings. The number of hydrogen-bond donors (Lipinski definition) is 3. The SMILES string of the molecule is N#Cc1c(N)nc(N)nc1NCCCCc1nc2cccc(F)c2c(=O)n1-c1ccccc1. The van der Waals surface area contributed by atoms with Gasteiger partial charge < -0.3 is 16.8 Å². The zero-order valence-electron chi connectivity index (χ0n) is 17.6. The Bertz CT molecular complexity index is 1410. The molecule has 0 amide bonds. The molecule has 33 heavy (non-hydrogen) atoms. The van der Waals surface area contributed by atoms with Crippen LogP contribution in [0.15, 0.2) is 53.3 Å². The molecule has 0 fully saturated rings. The minimum absolute atomic E-state index is 0.0199. The molecule has 0 unspecified atom stereocenters. The number of fused-ring (bicyclic) bond motifs is 1. The number of aromatic nitrogens is 4. The summed E-state index contributed by atoms with van der Waals surface area (Å²) in [4.78, 5) is 25.6. The molecule has 5 N–H and O–H groups in total. The Morgan fingerprint density at radius 3 is 2.58 bits per heavy atom. The average molecular weight is 444 g/mol. The van der Waals surface area contributed by atoms with Crippen molar-refractivity contribution in [3.8, 4) is 11.8 Å². The summed E-state index contributed by atoms with van der Waals surface area (Å²) in [7, 11) is 0. The van der Waals surface area contributed by atoms with Crippen LogP contribution in [0.2, 0.25) is 0 Å². The van der Waals surface area contributed by atoms with Crippen LogP contribution in [0.4, 0.5) is 22.0 Å². The van der Waals surface area contributed by atoms with Gasteiger partial charge in [-0.05, 0) is 37.1 Å². The van der Waals surface area contributed by atoms with Crippen molar-refractivity contribution in [3.63, 3.8) is 0 Å². The van der Waals surface area contributed by atoms with E-state index in [1.165, 1.54) is 16.7 Å². The Hall–Kier alpha value is -4.52. The summed E-state index contributed by atoms with van der Waals surface area (Å²) in [5, 5.41) is 12.3. The number of aryl methyl sites for hydroxylation is 1. The van der Waals surface area contributed by atoms with Crippen molar-refractivity contribution in [1.29, 1.82) is 5.26 Å². The number of nitrogens with two attached hydrogens (primary N) is 2. The summed E-state index contributed by atoms with van der Waals surface area (Å²) in [5.74, 6) is 0.225. The van der Waals surface area contributed by atoms with Gasteiger partial charge in [0.2, 0.25) is 5.95 Å². The van der Waals surface area contributed by atoms with Gasteiger partial charge in [0.05, 0.1) is 11.2 Å². The van der Waals surface area contributed by atoms with E-state index in [1.807, 2.05) is 24.3 Å². The summed E-state index contributed by atoms with van der Waals surface area (Å²) in [6.45, 7) is 0.488. The minimum atomic E-state index is -0.595. The van der Waals surface area contributed by atoms with Crippen molar-refractivity contribution in [2.75, 3.05) is 23.3 Å². The van der Waals surface area contributed by atoms with Gasteiger partial charge in [-0.2, -0.15) is 15.2 Å². The highest BCUT2D eigenvalue weighted by Crippen LogP contribution is 2.19. The number of nitriles is 1. The first-order chi connectivity index (χ1) is 16.0. The highest BCUT2D eigenvalue weighted by molar-refractivity contribution is 5.78. The number of hydrogen-bond acceptors (Lipinski definition) is 8. The normalized spacial score (nSPS) is 10.8. The van der Waals surface area contributed by atoms with Gasteiger partial charge in [0.1, 0.15) is 34.5 Å². The molecule has 0 saturated carbocycles. The minimum Gasteiger partial charge on any atom is -0.382 e. The summed E-state index contributed by atoms with van der Waals surface area (Å²) in [6, 6.07) is 15.4. The number of para-hydroxylation sites is 1. The van der Waals surface area contributed by atoms with Crippen LogP contribution in [-0.4, -0.2) is 26.1 Å². The van der Waals surface area contributed by atoms with Gasteiger partial charge in [0, 0.05) is 13.0 Å². The maximum Gasteiger partial charge on any atom is 0.268 e. The van der Waals surface area contributed by atoms with E-state index in [-0.39, 0.29) is 28.5 Å². The van der Waals surface area contributed by atoms with E-state index >= 15 is 0 Å². The van der Waals surface area contributed by atoms with E-state index in [0.717, 1.165) is 0 Å². The number of unbranched alkanes of at least 4 members (excludes halogenated alkanes) is 1. The van der Waals surface area contributed by atoms with Gasteiger partial charge in [0.25, 0.3) is 5.56 Å². The lowest BCUT2D eigenvalue weighted by Crippen LogP contribution is -2.24. The largest absolute Gasteiger partial charge is 0.382 e. The molecule has 0 bridgehead atoms. The Labute approximate surface area is 188 Å². The van der Waals surface area contributed by atoms with Gasteiger partial charge in [-0.25, -0.2) is 9.37 Å². The van der Waals surface area contributed by atoms with Gasteiger partial charge in [-0.15, -0.1) is 0 Å². The molecule has 166 valence electrons. The van der Waals surface area contributed by atoms with E-state index in [4.69, 9.17) is 11.5 Å². The molecule has 10 heteroatoms. The van der Waals surface area contributed by atoms with E-state index in [0.29, 0.717) is 42.8 Å². The van der Waals surface area contributed by atoms with Crippen LogP contribution in [0, 0.1) is 17.1 Å². The number of benzene rings is 2. The number of nitrogens with one attached hydrogen (secondary N) is 1. The van der Waals surface area contributed by atoms with Crippen molar-refractivity contribution in [2.24, 2.45) is 0 Å². The maximum atomic E-state index is 14.4. The van der Waals surface area contributed by atoms with E-state index in [1.54, 1.807) is 18.2 Å². The van der Waals surface area contributed by atoms with Crippen LogP contribution in [0.25, 0.3) is 16.6 Å². The lowest BCUT2D eigenvalue weighted by atomic mass is 10.1. The Kier molecular flexibility index (Phi) is 6.13. The molecular formula is C23H21FN8O. The Morgan fingerprint density at radius 1 is 1.03 bits per heavy atom. The second-order valence-corrected chi connectivity index (χ2v) is 7.32. The predicted molar refractivity (Wildman–Crippen MR) is 124 cm³/mol. The van der Waals surface area contributed by atoms with E-state index in [9.17, 15) is 14.4 Å². The second kappa shape index (κ2) is 9.32. The predicted octanol–water partition coefficient (Wildman–Crippen LogP) is 2.79. The van der Waals surface area contributed by atoms with Crippen LogP contribution >= 0.6 is 0 Å². The number of nitrogen functional groups attached to an aromatic ring is 2. The van der Waals surface area contributed by atoms with Gasteiger partial charge >= 0.3 is 0 Å². The Morgan fingerprint density at radius 2 is 1.82 bits per heavy atom. The highest BCUT2D eigenvalue weighted by Gasteiger charge is 2.15. The fraction of sp³-hybridized carbons (Fsp3) is 0.174. The number of anilines is 3. The van der Waals surface area contributed by atoms with Crippen LogP contribution < -0.4 is 22.3 Å². The fourth-order valence-corrected chi connectivity index (χ4v) is 3.60. The molecule has 2 aromatic heterocycles. The van der Waals surface area contributed by atoms with Crippen molar-refractivity contribution in [3.05, 3.63) is 76.1 Å². The third kappa shape index (κ3) is 4.43. The zero-order chi connectivity index (χ0) is 23.4. The smallest absolute Gasteiger partial charge is 0.268 e. The topological polar surface area (TPSA) is 149 Å². The Balaban J connectivity index is 1.55. The number of rotatable bonds is 7. The molecule has 0 atom stereocenters. The maximum absolute atomic E-state index is 14.4. The molecule has 0 spiro atoms. The summed E-state index contributed by atoms with van der Waals surface area (Å²) in [6.07, 6.45) is 1.84. The fourth-order valence-electron chi connectivity index (χ4n) is 3.60. The van der Waals surface area contributed by atoms with Crippen molar-refractivity contribution >= 4 is 28.5 Å². The molecular weight excluding hydrogens is 423 g/mol. The molecule has 2 heterocycles. The van der Waals surface area contributed by atoms with Crippen LogP contribution in [0.5, 0.6) is 0 Å². The first-order valence-corrected chi connectivity index (χ1v) is 10.3. The first kappa shape index (κ1) is 21.7. The molecule has 4 rings (SSSR count). The molecule has 0 aliphatic carbocycles. The standard InChI is InChI=1S/C23H21FN8O/c24-16-9-6-10-17-19(16)22(33)32(14-7-2-1-3-8-14)18(29-17)11-4-5-12-28-21-15(13-25)20(26)30-23(27)31-21/h1-3,6-10H,4-5,11-12H2,(H5,26,27,28,30,31). The van der Waals surface area contributed by atoms with Crippen LogP contribution in [-0.2, 0) is 6.42 Å². The van der Waals surface area contributed by atoms with E-state index < -0.39 is 11.4 Å². The molecule has 2 aromatic carbocycles. The number of nitrogens with zero attached hydrogens (tertiary/aromatic N) is 5. The van der Waals surface area contributed by atoms with Gasteiger partial charge in [-0.3, -0.25) is 9.36 Å². The lowest BCUT2D eigenvalue weighted by molar-refractivity contribution is 0.635. The quantitative estimate of drug-likeness (QED) is 0.369. The summed E-state index contributed by atoms with van der Waals surface area (Å²) >= 11 is 0. The lowest BCUT2D eigenvalue weighted by Gasteiger charge is -2.14.